The number of nitrogens with zero attached hydrogens (tertiary/aromatic N) is 4. The Morgan fingerprint density at radius 2 is 1.96 bits per heavy atom. The minimum absolute atomic E-state index is 0.161. The first kappa shape index (κ1) is 18.1. The molecule has 0 unspecified atom stereocenters. The molecule has 140 valence electrons. The standard InChI is InChI=1S/C17H22N4O5/c1-4-25-17(24)12-5-7-20(8-6-12)13(22)9-21-16(23)15-14(10(2)18-21)11(3)26-19-15/h12H,4-9H2,1-3H3. The van der Waals surface area contributed by atoms with E-state index in [2.05, 4.69) is 10.3 Å². The van der Waals surface area contributed by atoms with Crippen LogP contribution in [-0.2, 0) is 20.9 Å². The molecule has 3 rings (SSSR count). The van der Waals surface area contributed by atoms with Gasteiger partial charge >= 0.3 is 5.97 Å². The molecule has 0 N–H and O–H groups in total. The van der Waals surface area contributed by atoms with Crippen molar-refractivity contribution >= 4 is 22.8 Å². The smallest absolute Gasteiger partial charge is 0.309 e. The predicted molar refractivity (Wildman–Crippen MR) is 91.5 cm³/mol. The van der Waals surface area contributed by atoms with E-state index in [1.807, 2.05) is 0 Å². The summed E-state index contributed by atoms with van der Waals surface area (Å²) in [7, 11) is 0. The predicted octanol–water partition coefficient (Wildman–Crippen LogP) is 0.803. The molecule has 2 aromatic rings. The Bertz CT molecular complexity index is 892. The zero-order valence-electron chi connectivity index (χ0n) is 15.2. The van der Waals surface area contributed by atoms with Gasteiger partial charge in [-0.3, -0.25) is 14.4 Å². The summed E-state index contributed by atoms with van der Waals surface area (Å²) >= 11 is 0. The van der Waals surface area contributed by atoms with Crippen LogP contribution in [0.2, 0.25) is 0 Å². The van der Waals surface area contributed by atoms with Gasteiger partial charge in [-0.2, -0.15) is 5.10 Å². The highest BCUT2D eigenvalue weighted by Gasteiger charge is 2.28. The van der Waals surface area contributed by atoms with E-state index in [0.29, 0.717) is 49.4 Å². The second-order valence-corrected chi connectivity index (χ2v) is 6.42. The van der Waals surface area contributed by atoms with E-state index in [0.717, 1.165) is 4.68 Å². The van der Waals surface area contributed by atoms with E-state index in [4.69, 9.17) is 9.26 Å². The van der Waals surface area contributed by atoms with Gasteiger partial charge in [-0.1, -0.05) is 5.16 Å². The van der Waals surface area contributed by atoms with Crippen LogP contribution in [0.3, 0.4) is 0 Å². The normalized spacial score (nSPS) is 15.4. The number of aryl methyl sites for hydroxylation is 2. The van der Waals surface area contributed by atoms with Crippen LogP contribution >= 0.6 is 0 Å². The summed E-state index contributed by atoms with van der Waals surface area (Å²) in [6.45, 7) is 6.35. The number of esters is 1. The van der Waals surface area contributed by atoms with Crippen LogP contribution in [0.1, 0.15) is 31.2 Å². The molecule has 9 nitrogen and oxygen atoms in total. The molecule has 0 saturated carbocycles. The van der Waals surface area contributed by atoms with Crippen molar-refractivity contribution < 1.29 is 18.8 Å². The number of likely N-dealkylation sites (tertiary alicyclic amines) is 1. The third-order valence-corrected chi connectivity index (χ3v) is 4.68. The third kappa shape index (κ3) is 3.33. The molecule has 0 atom stereocenters. The molecule has 0 aliphatic carbocycles. The van der Waals surface area contributed by atoms with Crippen molar-refractivity contribution in [2.45, 2.75) is 40.2 Å². The van der Waals surface area contributed by atoms with Gasteiger partial charge in [0.15, 0.2) is 5.52 Å². The minimum atomic E-state index is -0.447. The largest absolute Gasteiger partial charge is 0.466 e. The van der Waals surface area contributed by atoms with Crippen molar-refractivity contribution in [2.75, 3.05) is 19.7 Å². The topological polar surface area (TPSA) is 108 Å². The summed E-state index contributed by atoms with van der Waals surface area (Å²) < 4.78 is 11.2. The van der Waals surface area contributed by atoms with Crippen LogP contribution in [0, 0.1) is 19.8 Å². The molecule has 0 bridgehead atoms. The summed E-state index contributed by atoms with van der Waals surface area (Å²) in [5, 5.41) is 8.59. The zero-order chi connectivity index (χ0) is 18.8. The third-order valence-electron chi connectivity index (χ3n) is 4.68. The fourth-order valence-corrected chi connectivity index (χ4v) is 3.30. The Balaban J connectivity index is 1.70. The number of rotatable bonds is 4. The molecule has 1 fully saturated rings. The quantitative estimate of drug-likeness (QED) is 0.740. The Morgan fingerprint density at radius 3 is 2.62 bits per heavy atom. The molecule has 26 heavy (non-hydrogen) atoms. The van der Waals surface area contributed by atoms with E-state index in [1.165, 1.54) is 0 Å². The van der Waals surface area contributed by atoms with Crippen molar-refractivity contribution in [3.63, 3.8) is 0 Å². The molecule has 3 heterocycles. The maximum absolute atomic E-state index is 12.5. The summed E-state index contributed by atoms with van der Waals surface area (Å²) in [6, 6.07) is 0. The zero-order valence-corrected chi connectivity index (χ0v) is 15.2. The summed E-state index contributed by atoms with van der Waals surface area (Å²) in [5.74, 6) is -0.0565. The number of piperidine rings is 1. The van der Waals surface area contributed by atoms with Crippen LogP contribution < -0.4 is 5.56 Å². The lowest BCUT2D eigenvalue weighted by Gasteiger charge is -2.30. The highest BCUT2D eigenvalue weighted by Crippen LogP contribution is 2.19. The number of aromatic nitrogens is 3. The minimum Gasteiger partial charge on any atom is -0.466 e. The Hall–Kier alpha value is -2.71. The number of hydrogen-bond acceptors (Lipinski definition) is 7. The molecule has 1 amide bonds. The highest BCUT2D eigenvalue weighted by molar-refractivity contribution is 5.82. The maximum Gasteiger partial charge on any atom is 0.309 e. The fourth-order valence-electron chi connectivity index (χ4n) is 3.30. The van der Waals surface area contributed by atoms with Gasteiger partial charge in [0, 0.05) is 13.1 Å². The lowest BCUT2D eigenvalue weighted by atomic mass is 9.97. The van der Waals surface area contributed by atoms with E-state index >= 15 is 0 Å². The Morgan fingerprint density at radius 1 is 1.27 bits per heavy atom. The maximum atomic E-state index is 12.5. The number of amides is 1. The molecule has 2 aromatic heterocycles. The van der Waals surface area contributed by atoms with Crippen LogP contribution in [0.15, 0.2) is 9.32 Å². The second-order valence-electron chi connectivity index (χ2n) is 6.42. The van der Waals surface area contributed by atoms with Gasteiger partial charge in [-0.15, -0.1) is 0 Å². The van der Waals surface area contributed by atoms with E-state index in [9.17, 15) is 14.4 Å². The van der Waals surface area contributed by atoms with E-state index < -0.39 is 5.56 Å². The van der Waals surface area contributed by atoms with Crippen LogP contribution in [0.25, 0.3) is 10.9 Å². The molecular weight excluding hydrogens is 340 g/mol. The van der Waals surface area contributed by atoms with Gasteiger partial charge in [-0.25, -0.2) is 4.68 Å². The number of carbonyl (C=O) groups is 2. The van der Waals surface area contributed by atoms with E-state index in [-0.39, 0.29) is 29.9 Å². The van der Waals surface area contributed by atoms with Gasteiger partial charge in [0.1, 0.15) is 12.3 Å². The van der Waals surface area contributed by atoms with Gasteiger partial charge in [-0.05, 0) is 33.6 Å². The summed E-state index contributed by atoms with van der Waals surface area (Å²) in [5.41, 5.74) is 0.327. The molecular formula is C17H22N4O5. The second kappa shape index (κ2) is 7.27. The number of carbonyl (C=O) groups excluding carboxylic acids is 2. The van der Waals surface area contributed by atoms with Crippen molar-refractivity contribution in [1.29, 1.82) is 0 Å². The van der Waals surface area contributed by atoms with E-state index in [1.54, 1.807) is 25.7 Å². The highest BCUT2D eigenvalue weighted by atomic mass is 16.5. The van der Waals surface area contributed by atoms with Crippen LogP contribution in [0.4, 0.5) is 0 Å². The van der Waals surface area contributed by atoms with Gasteiger partial charge in [0.25, 0.3) is 5.56 Å². The first-order valence-corrected chi connectivity index (χ1v) is 8.70. The van der Waals surface area contributed by atoms with Gasteiger partial charge < -0.3 is 14.2 Å². The monoisotopic (exact) mass is 362 g/mol. The molecule has 0 radical (unpaired) electrons. The van der Waals surface area contributed by atoms with Crippen LogP contribution in [-0.4, -0.2) is 51.4 Å². The molecule has 0 spiro atoms. The summed E-state index contributed by atoms with van der Waals surface area (Å²) in [6.07, 6.45) is 1.13. The van der Waals surface area contributed by atoms with Gasteiger partial charge in [0.05, 0.1) is 23.6 Å². The van der Waals surface area contributed by atoms with Gasteiger partial charge in [0.2, 0.25) is 5.91 Å². The number of fused-ring (bicyclic) bond motifs is 1. The Kier molecular flexibility index (Phi) is 5.06. The van der Waals surface area contributed by atoms with Crippen molar-refractivity contribution in [3.8, 4) is 0 Å². The fraction of sp³-hybridized carbons (Fsp3) is 0.588. The van der Waals surface area contributed by atoms with Crippen molar-refractivity contribution in [2.24, 2.45) is 5.92 Å². The molecule has 9 heteroatoms. The van der Waals surface area contributed by atoms with Crippen molar-refractivity contribution in [1.82, 2.24) is 19.8 Å². The first-order valence-electron chi connectivity index (χ1n) is 8.70. The molecule has 0 aromatic carbocycles. The van der Waals surface area contributed by atoms with Crippen LogP contribution in [0.5, 0.6) is 0 Å². The molecule has 1 aliphatic rings. The summed E-state index contributed by atoms with van der Waals surface area (Å²) in [4.78, 5) is 38.4. The average molecular weight is 362 g/mol. The average Bonchev–Trinajstić information content (AvgIpc) is 3.02. The lowest BCUT2D eigenvalue weighted by Crippen LogP contribution is -2.43. The number of ether oxygens (including phenoxy) is 1. The number of hydrogen-bond donors (Lipinski definition) is 0. The lowest BCUT2D eigenvalue weighted by molar-refractivity contribution is -0.151. The molecule has 1 aliphatic heterocycles. The Labute approximate surface area is 149 Å². The molecule has 1 saturated heterocycles. The first-order chi connectivity index (χ1) is 12.4. The van der Waals surface area contributed by atoms with Crippen molar-refractivity contribution in [3.05, 3.63) is 21.8 Å². The SMILES string of the molecule is CCOC(=O)C1CCN(C(=O)Cn2nc(C)c3c(C)onc3c2=O)CC1.